The van der Waals surface area contributed by atoms with Crippen molar-refractivity contribution in [3.63, 3.8) is 0 Å². The molecule has 0 aromatic heterocycles. The molecule has 1 N–H and O–H groups in total. The predicted molar refractivity (Wildman–Crippen MR) is 74.1 cm³/mol. The summed E-state index contributed by atoms with van der Waals surface area (Å²) in [5, 5.41) is 3.33. The first-order chi connectivity index (χ1) is 8.70. The zero-order chi connectivity index (χ0) is 13.0. The van der Waals surface area contributed by atoms with Crippen LogP contribution in [-0.2, 0) is 4.74 Å². The van der Waals surface area contributed by atoms with Crippen molar-refractivity contribution in [1.82, 2.24) is 5.32 Å². The minimum atomic E-state index is -0.209. The van der Waals surface area contributed by atoms with Crippen molar-refractivity contribution in [3.8, 4) is 0 Å². The molecule has 1 aromatic carbocycles. The van der Waals surface area contributed by atoms with E-state index in [9.17, 15) is 4.39 Å². The summed E-state index contributed by atoms with van der Waals surface area (Å²) in [4.78, 5) is 0. The molecule has 1 unspecified atom stereocenters. The second kappa shape index (κ2) is 6.64. The third-order valence-electron chi connectivity index (χ3n) is 3.60. The lowest BCUT2D eigenvalue weighted by Crippen LogP contribution is -2.24. The summed E-state index contributed by atoms with van der Waals surface area (Å²) in [6, 6.07) is 5.54. The molecule has 2 nitrogen and oxygen atoms in total. The lowest BCUT2D eigenvalue weighted by atomic mass is 9.89. The molecule has 18 heavy (non-hydrogen) atoms. The lowest BCUT2D eigenvalue weighted by Gasteiger charge is -2.27. The monoisotopic (exact) mass is 315 g/mol. The molecule has 1 aliphatic rings. The molecule has 0 aliphatic carbocycles. The highest BCUT2D eigenvalue weighted by molar-refractivity contribution is 9.10. The molecule has 1 saturated heterocycles. The van der Waals surface area contributed by atoms with Crippen LogP contribution in [0, 0.1) is 11.7 Å². The number of hydrogen-bond donors (Lipinski definition) is 1. The third kappa shape index (κ3) is 3.53. The van der Waals surface area contributed by atoms with Crippen molar-refractivity contribution in [2.75, 3.05) is 20.3 Å². The Morgan fingerprint density at radius 3 is 2.78 bits per heavy atom. The van der Waals surface area contributed by atoms with Gasteiger partial charge in [0.25, 0.3) is 0 Å². The van der Waals surface area contributed by atoms with E-state index in [-0.39, 0.29) is 11.9 Å². The van der Waals surface area contributed by atoms with Crippen molar-refractivity contribution in [2.45, 2.75) is 25.3 Å². The van der Waals surface area contributed by atoms with Crippen LogP contribution in [0.1, 0.15) is 30.9 Å². The van der Waals surface area contributed by atoms with E-state index >= 15 is 0 Å². The summed E-state index contributed by atoms with van der Waals surface area (Å²) < 4.78 is 19.2. The zero-order valence-corrected chi connectivity index (χ0v) is 12.2. The van der Waals surface area contributed by atoms with Crippen molar-refractivity contribution < 1.29 is 9.13 Å². The topological polar surface area (TPSA) is 21.3 Å². The van der Waals surface area contributed by atoms with Crippen molar-refractivity contribution >= 4 is 15.9 Å². The number of ether oxygens (including phenoxy) is 1. The highest BCUT2D eigenvalue weighted by Crippen LogP contribution is 2.29. The Morgan fingerprint density at radius 2 is 2.17 bits per heavy atom. The van der Waals surface area contributed by atoms with Gasteiger partial charge in [0, 0.05) is 19.3 Å². The molecule has 1 atom stereocenters. The molecule has 1 aromatic rings. The fourth-order valence-electron chi connectivity index (χ4n) is 2.47. The van der Waals surface area contributed by atoms with Crippen molar-refractivity contribution in [2.24, 2.45) is 5.92 Å². The summed E-state index contributed by atoms with van der Waals surface area (Å²) in [5.41, 5.74) is 1.14. The van der Waals surface area contributed by atoms with Gasteiger partial charge in [0.2, 0.25) is 0 Å². The van der Waals surface area contributed by atoms with Crippen LogP contribution >= 0.6 is 15.9 Å². The first kappa shape index (κ1) is 14.0. The first-order valence-corrected chi connectivity index (χ1v) is 7.20. The van der Waals surface area contributed by atoms with E-state index in [4.69, 9.17) is 4.74 Å². The Balaban J connectivity index is 2.04. The maximum atomic E-state index is 13.2. The average molecular weight is 316 g/mol. The van der Waals surface area contributed by atoms with Crippen LogP contribution in [0.25, 0.3) is 0 Å². The van der Waals surface area contributed by atoms with E-state index < -0.39 is 0 Å². The van der Waals surface area contributed by atoms with E-state index in [0.29, 0.717) is 10.4 Å². The largest absolute Gasteiger partial charge is 0.381 e. The zero-order valence-electron chi connectivity index (χ0n) is 10.6. The second-order valence-electron chi connectivity index (χ2n) is 4.81. The molecular formula is C14H19BrFNO. The van der Waals surface area contributed by atoms with Crippen LogP contribution in [0.4, 0.5) is 4.39 Å². The predicted octanol–water partition coefficient (Wildman–Crippen LogP) is 3.67. The molecule has 0 amide bonds. The Hall–Kier alpha value is -0.450. The van der Waals surface area contributed by atoms with Crippen LogP contribution in [0.2, 0.25) is 0 Å². The molecule has 2 rings (SSSR count). The molecule has 0 radical (unpaired) electrons. The van der Waals surface area contributed by atoms with Gasteiger partial charge in [0.05, 0.1) is 4.47 Å². The molecule has 1 heterocycles. The van der Waals surface area contributed by atoms with E-state index in [2.05, 4.69) is 21.2 Å². The van der Waals surface area contributed by atoms with Gasteiger partial charge >= 0.3 is 0 Å². The van der Waals surface area contributed by atoms with Crippen LogP contribution in [0.5, 0.6) is 0 Å². The van der Waals surface area contributed by atoms with Crippen LogP contribution in [0.3, 0.4) is 0 Å². The maximum absolute atomic E-state index is 13.2. The minimum absolute atomic E-state index is 0.209. The number of hydrogen-bond acceptors (Lipinski definition) is 2. The summed E-state index contributed by atoms with van der Waals surface area (Å²) in [6.45, 7) is 1.74. The summed E-state index contributed by atoms with van der Waals surface area (Å²) >= 11 is 3.25. The summed E-state index contributed by atoms with van der Waals surface area (Å²) in [7, 11) is 1.96. The molecular weight excluding hydrogens is 297 g/mol. The van der Waals surface area contributed by atoms with Gasteiger partial charge in [-0.3, -0.25) is 0 Å². The molecule has 4 heteroatoms. The lowest BCUT2D eigenvalue weighted by molar-refractivity contribution is 0.0608. The summed E-state index contributed by atoms with van der Waals surface area (Å²) in [5.74, 6) is 0.486. The average Bonchev–Trinajstić information content (AvgIpc) is 2.40. The quantitative estimate of drug-likeness (QED) is 0.915. The van der Waals surface area contributed by atoms with Gasteiger partial charge in [-0.25, -0.2) is 4.39 Å². The standard InChI is InChI=1S/C14H19BrFNO/c1-17-14(8-10-4-6-18-7-5-10)11-2-3-13(16)12(15)9-11/h2-3,9-10,14,17H,4-8H2,1H3. The van der Waals surface area contributed by atoms with E-state index in [1.807, 2.05) is 19.2 Å². The molecule has 0 bridgehead atoms. The minimum Gasteiger partial charge on any atom is -0.381 e. The third-order valence-corrected chi connectivity index (χ3v) is 4.21. The first-order valence-electron chi connectivity index (χ1n) is 6.40. The van der Waals surface area contributed by atoms with Crippen LogP contribution in [0.15, 0.2) is 22.7 Å². The Kier molecular flexibility index (Phi) is 5.15. The fraction of sp³-hybridized carbons (Fsp3) is 0.571. The SMILES string of the molecule is CNC(CC1CCOCC1)c1ccc(F)c(Br)c1. The second-order valence-corrected chi connectivity index (χ2v) is 5.66. The van der Waals surface area contributed by atoms with E-state index in [0.717, 1.165) is 38.0 Å². The van der Waals surface area contributed by atoms with E-state index in [1.54, 1.807) is 0 Å². The maximum Gasteiger partial charge on any atom is 0.137 e. The highest BCUT2D eigenvalue weighted by atomic mass is 79.9. The Bertz CT molecular complexity index is 393. The van der Waals surface area contributed by atoms with Gasteiger partial charge in [0.1, 0.15) is 5.82 Å². The fourth-order valence-corrected chi connectivity index (χ4v) is 2.86. The van der Waals surface area contributed by atoms with Gasteiger partial charge in [-0.2, -0.15) is 0 Å². The van der Waals surface area contributed by atoms with Crippen molar-refractivity contribution in [1.29, 1.82) is 0 Å². The molecule has 1 aliphatic heterocycles. The van der Waals surface area contributed by atoms with E-state index in [1.165, 1.54) is 6.07 Å². The Labute approximate surface area is 116 Å². The number of rotatable bonds is 4. The smallest absolute Gasteiger partial charge is 0.137 e. The molecule has 0 spiro atoms. The van der Waals surface area contributed by atoms with Gasteiger partial charge < -0.3 is 10.1 Å². The normalized spacial score (nSPS) is 18.8. The number of nitrogens with one attached hydrogen (secondary N) is 1. The van der Waals surface area contributed by atoms with Gasteiger partial charge in [-0.1, -0.05) is 6.07 Å². The number of benzene rings is 1. The molecule has 1 fully saturated rings. The van der Waals surface area contributed by atoms with Crippen molar-refractivity contribution in [3.05, 3.63) is 34.1 Å². The van der Waals surface area contributed by atoms with Gasteiger partial charge in [-0.15, -0.1) is 0 Å². The summed E-state index contributed by atoms with van der Waals surface area (Å²) in [6.07, 6.45) is 3.33. The molecule has 100 valence electrons. The van der Waals surface area contributed by atoms with Gasteiger partial charge in [-0.05, 0) is 65.9 Å². The molecule has 0 saturated carbocycles. The number of halogens is 2. The van der Waals surface area contributed by atoms with Crippen LogP contribution in [-0.4, -0.2) is 20.3 Å². The highest BCUT2D eigenvalue weighted by Gasteiger charge is 2.20. The Morgan fingerprint density at radius 1 is 1.44 bits per heavy atom. The van der Waals surface area contributed by atoms with Gasteiger partial charge in [0.15, 0.2) is 0 Å². The van der Waals surface area contributed by atoms with Crippen LogP contribution < -0.4 is 5.32 Å².